The first-order valence-electron chi connectivity index (χ1n) is 14.7. The molecule has 0 radical (unpaired) electrons. The van der Waals surface area contributed by atoms with Crippen molar-refractivity contribution in [3.05, 3.63) is 125 Å². The van der Waals surface area contributed by atoms with Gasteiger partial charge in [-0.25, -0.2) is 0 Å². The summed E-state index contributed by atoms with van der Waals surface area (Å²) in [5.41, 5.74) is 1.88. The van der Waals surface area contributed by atoms with Crippen LogP contribution in [0, 0.1) is 0 Å². The van der Waals surface area contributed by atoms with E-state index in [4.69, 9.17) is 4.74 Å². The maximum Gasteiger partial charge on any atom is 0.416 e. The van der Waals surface area contributed by atoms with E-state index in [2.05, 4.69) is 4.57 Å². The van der Waals surface area contributed by atoms with Crippen LogP contribution in [0.3, 0.4) is 0 Å². The molecule has 44 heavy (non-hydrogen) atoms. The van der Waals surface area contributed by atoms with Gasteiger partial charge in [0, 0.05) is 37.1 Å². The molecule has 2 amide bonds. The Morgan fingerprint density at radius 1 is 0.818 bits per heavy atom. The summed E-state index contributed by atoms with van der Waals surface area (Å²) in [6.07, 6.45) is -0.272. The van der Waals surface area contributed by atoms with E-state index in [-0.39, 0.29) is 31.1 Å². The van der Waals surface area contributed by atoms with Crippen LogP contribution in [-0.4, -0.2) is 46.4 Å². The minimum Gasteiger partial charge on any atom is -0.497 e. The third-order valence-electron chi connectivity index (χ3n) is 7.41. The Balaban J connectivity index is 1.59. The number of unbranched alkanes of at least 4 members (excludes halogenated alkanes) is 2. The number of alkyl halides is 3. The molecule has 0 aliphatic carbocycles. The molecule has 4 rings (SSSR count). The number of halogens is 3. The van der Waals surface area contributed by atoms with Crippen LogP contribution in [0.25, 0.3) is 0 Å². The van der Waals surface area contributed by atoms with E-state index in [1.807, 2.05) is 79.9 Å². The summed E-state index contributed by atoms with van der Waals surface area (Å²) in [5.74, 6) is -0.132. The lowest BCUT2D eigenvalue weighted by Gasteiger charge is -2.28. The number of benzene rings is 3. The molecule has 0 saturated heterocycles. The lowest BCUT2D eigenvalue weighted by atomic mass is 10.1. The number of hydrogen-bond donors (Lipinski definition) is 0. The predicted octanol–water partition coefficient (Wildman–Crippen LogP) is 7.43. The average Bonchev–Trinajstić information content (AvgIpc) is 3.46. The zero-order valence-electron chi connectivity index (χ0n) is 25.1. The van der Waals surface area contributed by atoms with Crippen LogP contribution in [0.15, 0.2) is 97.2 Å². The normalized spacial score (nSPS) is 11.3. The predicted molar refractivity (Wildman–Crippen MR) is 164 cm³/mol. The van der Waals surface area contributed by atoms with Crippen molar-refractivity contribution in [3.8, 4) is 5.75 Å². The third kappa shape index (κ3) is 8.99. The summed E-state index contributed by atoms with van der Waals surface area (Å²) in [5, 5.41) is 0. The summed E-state index contributed by atoms with van der Waals surface area (Å²) in [6.45, 7) is 3.20. The molecule has 0 saturated carbocycles. The standard InChI is InChI=1S/C35H38F3N3O3/c1-3-4-8-19-40(34(43)29-15-10-16-30(22-29)35(36,37)38)26-33(42)41(23-27-12-6-5-7-13-27)25-31-17-11-20-39(31)24-28-14-9-18-32(21-28)44-2/h5-7,9-18,20-22H,3-4,8,19,23-26H2,1-2H3. The number of ether oxygens (including phenoxy) is 1. The number of hydrogen-bond acceptors (Lipinski definition) is 3. The summed E-state index contributed by atoms with van der Waals surface area (Å²) < 4.78 is 47.6. The van der Waals surface area contributed by atoms with E-state index in [0.717, 1.165) is 47.5 Å². The maximum absolute atomic E-state index is 14.0. The van der Waals surface area contributed by atoms with Crippen molar-refractivity contribution in [2.75, 3.05) is 20.2 Å². The molecule has 3 aromatic carbocycles. The molecule has 6 nitrogen and oxygen atoms in total. The Hall–Kier alpha value is -4.53. The largest absolute Gasteiger partial charge is 0.497 e. The van der Waals surface area contributed by atoms with Crippen molar-refractivity contribution in [2.45, 2.75) is 52.0 Å². The number of carbonyl (C=O) groups excluding carboxylic acids is 2. The fraction of sp³-hybridized carbons (Fsp3) is 0.314. The molecule has 0 aliphatic heterocycles. The Labute approximate surface area is 256 Å². The third-order valence-corrected chi connectivity index (χ3v) is 7.41. The fourth-order valence-electron chi connectivity index (χ4n) is 5.03. The van der Waals surface area contributed by atoms with Gasteiger partial charge in [-0.1, -0.05) is 68.3 Å². The Kier molecular flexibility index (Phi) is 11.2. The SMILES string of the molecule is CCCCCN(CC(=O)N(Cc1ccccc1)Cc1cccn1Cc1cccc(OC)c1)C(=O)c1cccc(C(F)(F)F)c1. The van der Waals surface area contributed by atoms with Crippen LogP contribution in [0.1, 0.15) is 58.9 Å². The van der Waals surface area contributed by atoms with Gasteiger partial charge in [0.25, 0.3) is 5.91 Å². The van der Waals surface area contributed by atoms with E-state index in [1.54, 1.807) is 12.0 Å². The summed E-state index contributed by atoms with van der Waals surface area (Å²) in [7, 11) is 1.62. The molecule has 9 heteroatoms. The van der Waals surface area contributed by atoms with Crippen LogP contribution in [0.2, 0.25) is 0 Å². The molecule has 232 valence electrons. The van der Waals surface area contributed by atoms with Crippen molar-refractivity contribution in [2.24, 2.45) is 0 Å². The second-order valence-corrected chi connectivity index (χ2v) is 10.7. The molecule has 1 aromatic heterocycles. The molecule has 0 spiro atoms. The van der Waals surface area contributed by atoms with E-state index in [9.17, 15) is 22.8 Å². The minimum atomic E-state index is -4.58. The number of aromatic nitrogens is 1. The van der Waals surface area contributed by atoms with Crippen molar-refractivity contribution < 1.29 is 27.5 Å². The minimum absolute atomic E-state index is 0.0918. The number of carbonyl (C=O) groups is 2. The number of amides is 2. The van der Waals surface area contributed by atoms with Gasteiger partial charge in [-0.05, 0) is 60.0 Å². The smallest absolute Gasteiger partial charge is 0.416 e. The van der Waals surface area contributed by atoms with Crippen molar-refractivity contribution in [3.63, 3.8) is 0 Å². The Morgan fingerprint density at radius 2 is 1.57 bits per heavy atom. The van der Waals surface area contributed by atoms with Gasteiger partial charge in [-0.3, -0.25) is 9.59 Å². The van der Waals surface area contributed by atoms with Gasteiger partial charge in [0.05, 0.1) is 19.2 Å². The van der Waals surface area contributed by atoms with E-state index in [0.29, 0.717) is 19.5 Å². The molecule has 0 unspecified atom stereocenters. The van der Waals surface area contributed by atoms with E-state index in [1.165, 1.54) is 17.0 Å². The van der Waals surface area contributed by atoms with Gasteiger partial charge in [-0.15, -0.1) is 0 Å². The average molecular weight is 606 g/mol. The van der Waals surface area contributed by atoms with Crippen LogP contribution in [0.4, 0.5) is 13.2 Å². The monoisotopic (exact) mass is 605 g/mol. The highest BCUT2D eigenvalue weighted by atomic mass is 19.4. The van der Waals surface area contributed by atoms with Gasteiger partial charge < -0.3 is 19.1 Å². The second-order valence-electron chi connectivity index (χ2n) is 10.7. The number of methoxy groups -OCH3 is 1. The highest BCUT2D eigenvalue weighted by molar-refractivity contribution is 5.96. The summed E-state index contributed by atoms with van der Waals surface area (Å²) >= 11 is 0. The van der Waals surface area contributed by atoms with Crippen molar-refractivity contribution in [1.82, 2.24) is 14.4 Å². The quantitative estimate of drug-likeness (QED) is 0.141. The Morgan fingerprint density at radius 3 is 2.30 bits per heavy atom. The first kappa shape index (κ1) is 32.4. The van der Waals surface area contributed by atoms with Gasteiger partial charge >= 0.3 is 6.18 Å². The van der Waals surface area contributed by atoms with Crippen molar-refractivity contribution >= 4 is 11.8 Å². The van der Waals surface area contributed by atoms with Crippen LogP contribution in [-0.2, 0) is 30.6 Å². The Bertz CT molecular complexity index is 1520. The van der Waals surface area contributed by atoms with Gasteiger partial charge in [-0.2, -0.15) is 13.2 Å². The molecule has 0 atom stereocenters. The fourth-order valence-corrected chi connectivity index (χ4v) is 5.03. The molecule has 0 N–H and O–H groups in total. The van der Waals surface area contributed by atoms with E-state index < -0.39 is 17.6 Å². The topological polar surface area (TPSA) is 54.8 Å². The molecule has 0 bridgehead atoms. The van der Waals surface area contributed by atoms with E-state index >= 15 is 0 Å². The van der Waals surface area contributed by atoms with Gasteiger partial charge in [0.2, 0.25) is 5.91 Å². The van der Waals surface area contributed by atoms with Gasteiger partial charge in [0.15, 0.2) is 0 Å². The maximum atomic E-state index is 14.0. The molecular formula is C35H38F3N3O3. The highest BCUT2D eigenvalue weighted by Crippen LogP contribution is 2.30. The zero-order valence-corrected chi connectivity index (χ0v) is 25.1. The van der Waals surface area contributed by atoms with Crippen molar-refractivity contribution in [1.29, 1.82) is 0 Å². The first-order valence-corrected chi connectivity index (χ1v) is 14.7. The summed E-state index contributed by atoms with van der Waals surface area (Å²) in [6, 6.07) is 25.6. The van der Waals surface area contributed by atoms with Crippen LogP contribution >= 0.6 is 0 Å². The lowest BCUT2D eigenvalue weighted by Crippen LogP contribution is -2.43. The van der Waals surface area contributed by atoms with Gasteiger partial charge in [0.1, 0.15) is 12.3 Å². The summed E-state index contributed by atoms with van der Waals surface area (Å²) in [4.78, 5) is 30.6. The van der Waals surface area contributed by atoms with Crippen LogP contribution in [0.5, 0.6) is 5.75 Å². The van der Waals surface area contributed by atoms with Crippen LogP contribution < -0.4 is 4.74 Å². The molecular weight excluding hydrogens is 567 g/mol. The molecule has 0 fully saturated rings. The molecule has 0 aliphatic rings. The number of nitrogens with zero attached hydrogens (tertiary/aromatic N) is 3. The molecule has 1 heterocycles. The first-order chi connectivity index (χ1) is 21.2. The second kappa shape index (κ2) is 15.3. The highest BCUT2D eigenvalue weighted by Gasteiger charge is 2.32. The number of rotatable bonds is 14. The lowest BCUT2D eigenvalue weighted by molar-refractivity contribution is -0.137. The molecule has 4 aromatic rings. The zero-order chi connectivity index (χ0) is 31.5.